The summed E-state index contributed by atoms with van der Waals surface area (Å²) in [6.07, 6.45) is 0.616. The van der Waals surface area contributed by atoms with E-state index in [9.17, 15) is 4.79 Å². The van der Waals surface area contributed by atoms with Gasteiger partial charge in [-0.3, -0.25) is 14.6 Å². The van der Waals surface area contributed by atoms with E-state index in [1.807, 2.05) is 11.0 Å². The largest absolute Gasteiger partial charge is 0.379 e. The molecule has 2 heterocycles. The molecule has 0 bridgehead atoms. The maximum atomic E-state index is 12.6. The Bertz CT molecular complexity index is 502. The first-order valence-electron chi connectivity index (χ1n) is 8.57. The van der Waals surface area contributed by atoms with Crippen LogP contribution in [0.25, 0.3) is 0 Å². The Balaban J connectivity index is 1.54. The van der Waals surface area contributed by atoms with Crippen LogP contribution < -0.4 is 0 Å². The van der Waals surface area contributed by atoms with Gasteiger partial charge in [0.1, 0.15) is 0 Å². The van der Waals surface area contributed by atoms with Crippen LogP contribution in [0.3, 0.4) is 0 Å². The molecule has 5 nitrogen and oxygen atoms in total. The molecule has 0 aliphatic carbocycles. The van der Waals surface area contributed by atoms with E-state index in [1.54, 1.807) is 0 Å². The summed E-state index contributed by atoms with van der Waals surface area (Å²) < 4.78 is 5.36. The highest BCUT2D eigenvalue weighted by Crippen LogP contribution is 2.24. The number of nitrogens with zero attached hydrogens (tertiary/aromatic N) is 3. The zero-order chi connectivity index (χ0) is 16.1. The quantitative estimate of drug-likeness (QED) is 0.837. The van der Waals surface area contributed by atoms with Crippen LogP contribution in [0.2, 0.25) is 0 Å². The lowest BCUT2D eigenvalue weighted by Crippen LogP contribution is -2.49. The number of benzene rings is 1. The van der Waals surface area contributed by atoms with Crippen molar-refractivity contribution in [3.8, 4) is 0 Å². The van der Waals surface area contributed by atoms with Gasteiger partial charge >= 0.3 is 0 Å². The Morgan fingerprint density at radius 1 is 1.13 bits per heavy atom. The van der Waals surface area contributed by atoms with Gasteiger partial charge in [-0.05, 0) is 12.6 Å². The standard InChI is InChI=1S/C18H27N3O2/c1-19-9-10-21(15-17(19)16-5-3-2-4-6-16)18(22)7-8-20-11-13-23-14-12-20/h2-6,17H,7-15H2,1H3. The number of carbonyl (C=O) groups is 1. The van der Waals surface area contributed by atoms with Crippen molar-refractivity contribution in [3.05, 3.63) is 35.9 Å². The normalized spacial score (nSPS) is 23.9. The Morgan fingerprint density at radius 2 is 1.87 bits per heavy atom. The monoisotopic (exact) mass is 317 g/mol. The van der Waals surface area contributed by atoms with Crippen molar-refractivity contribution in [2.45, 2.75) is 12.5 Å². The highest BCUT2D eigenvalue weighted by molar-refractivity contribution is 5.76. The minimum Gasteiger partial charge on any atom is -0.379 e. The van der Waals surface area contributed by atoms with E-state index < -0.39 is 0 Å². The molecule has 0 aromatic heterocycles. The highest BCUT2D eigenvalue weighted by atomic mass is 16.5. The highest BCUT2D eigenvalue weighted by Gasteiger charge is 2.28. The first-order chi connectivity index (χ1) is 11.2. The third kappa shape index (κ3) is 4.31. The number of piperazine rings is 1. The molecule has 5 heteroatoms. The molecule has 2 aliphatic heterocycles. The SMILES string of the molecule is CN1CCN(C(=O)CCN2CCOCC2)CC1c1ccccc1. The maximum Gasteiger partial charge on any atom is 0.223 e. The van der Waals surface area contributed by atoms with Gasteiger partial charge in [-0.1, -0.05) is 30.3 Å². The summed E-state index contributed by atoms with van der Waals surface area (Å²) in [6, 6.07) is 10.8. The predicted octanol–water partition coefficient (Wildman–Crippen LogP) is 1.22. The van der Waals surface area contributed by atoms with Gasteiger partial charge in [-0.15, -0.1) is 0 Å². The van der Waals surface area contributed by atoms with E-state index in [2.05, 4.69) is 41.1 Å². The van der Waals surface area contributed by atoms with Crippen molar-refractivity contribution in [2.24, 2.45) is 0 Å². The van der Waals surface area contributed by atoms with Crippen molar-refractivity contribution < 1.29 is 9.53 Å². The van der Waals surface area contributed by atoms with Crippen LogP contribution in [-0.2, 0) is 9.53 Å². The van der Waals surface area contributed by atoms with Gasteiger partial charge in [0, 0.05) is 45.7 Å². The van der Waals surface area contributed by atoms with E-state index in [-0.39, 0.29) is 5.91 Å². The molecule has 3 rings (SSSR count). The molecule has 2 aliphatic rings. The molecule has 0 spiro atoms. The van der Waals surface area contributed by atoms with Gasteiger partial charge in [0.2, 0.25) is 5.91 Å². The summed E-state index contributed by atoms with van der Waals surface area (Å²) in [5.74, 6) is 0.283. The van der Waals surface area contributed by atoms with E-state index in [1.165, 1.54) is 5.56 Å². The van der Waals surface area contributed by atoms with Gasteiger partial charge in [0.15, 0.2) is 0 Å². The van der Waals surface area contributed by atoms with Crippen LogP contribution >= 0.6 is 0 Å². The lowest BCUT2D eigenvalue weighted by molar-refractivity contribution is -0.134. The molecule has 1 aromatic rings. The van der Waals surface area contributed by atoms with Crippen LogP contribution in [0, 0.1) is 0 Å². The van der Waals surface area contributed by atoms with Crippen LogP contribution in [0.15, 0.2) is 30.3 Å². The Labute approximate surface area is 138 Å². The summed E-state index contributed by atoms with van der Waals surface area (Å²) in [5.41, 5.74) is 1.29. The van der Waals surface area contributed by atoms with Crippen LogP contribution in [0.1, 0.15) is 18.0 Å². The third-order valence-corrected chi connectivity index (χ3v) is 4.93. The number of morpholine rings is 1. The number of likely N-dealkylation sites (N-methyl/N-ethyl adjacent to an activating group) is 1. The minimum atomic E-state index is 0.283. The van der Waals surface area contributed by atoms with Gasteiger partial charge < -0.3 is 9.64 Å². The van der Waals surface area contributed by atoms with Crippen molar-refractivity contribution in [1.82, 2.24) is 14.7 Å². The second kappa shape index (κ2) is 7.90. The first-order valence-corrected chi connectivity index (χ1v) is 8.57. The molecular weight excluding hydrogens is 290 g/mol. The van der Waals surface area contributed by atoms with Crippen molar-refractivity contribution in [2.75, 3.05) is 59.5 Å². The number of hydrogen-bond acceptors (Lipinski definition) is 4. The smallest absolute Gasteiger partial charge is 0.223 e. The Kier molecular flexibility index (Phi) is 5.65. The maximum absolute atomic E-state index is 12.6. The molecule has 1 aromatic carbocycles. The lowest BCUT2D eigenvalue weighted by Gasteiger charge is -2.40. The van der Waals surface area contributed by atoms with Gasteiger partial charge in [-0.2, -0.15) is 0 Å². The van der Waals surface area contributed by atoms with Crippen LogP contribution in [-0.4, -0.2) is 80.1 Å². The zero-order valence-electron chi connectivity index (χ0n) is 14.0. The second-order valence-electron chi connectivity index (χ2n) is 6.45. The summed E-state index contributed by atoms with van der Waals surface area (Å²) in [6.45, 7) is 6.89. The minimum absolute atomic E-state index is 0.283. The zero-order valence-corrected chi connectivity index (χ0v) is 14.0. The number of hydrogen-bond donors (Lipinski definition) is 0. The molecule has 1 unspecified atom stereocenters. The Morgan fingerprint density at radius 3 is 2.61 bits per heavy atom. The van der Waals surface area contributed by atoms with Crippen LogP contribution in [0.5, 0.6) is 0 Å². The first kappa shape index (κ1) is 16.4. The van der Waals surface area contributed by atoms with Gasteiger partial charge in [-0.25, -0.2) is 0 Å². The molecule has 23 heavy (non-hydrogen) atoms. The molecule has 0 saturated carbocycles. The summed E-state index contributed by atoms with van der Waals surface area (Å²) in [4.78, 5) is 19.3. The molecule has 2 saturated heterocycles. The van der Waals surface area contributed by atoms with Crippen molar-refractivity contribution in [1.29, 1.82) is 0 Å². The molecule has 1 atom stereocenters. The number of amides is 1. The second-order valence-corrected chi connectivity index (χ2v) is 6.45. The fourth-order valence-corrected chi connectivity index (χ4v) is 3.37. The van der Waals surface area contributed by atoms with E-state index in [0.29, 0.717) is 12.5 Å². The summed E-state index contributed by atoms with van der Waals surface area (Å²) in [7, 11) is 2.15. The number of rotatable bonds is 4. The van der Waals surface area contributed by atoms with Gasteiger partial charge in [0.05, 0.1) is 19.3 Å². The fourth-order valence-electron chi connectivity index (χ4n) is 3.37. The van der Waals surface area contributed by atoms with E-state index in [4.69, 9.17) is 4.74 Å². The Hall–Kier alpha value is -1.43. The molecular formula is C18H27N3O2. The van der Waals surface area contributed by atoms with E-state index in [0.717, 1.165) is 52.5 Å². The molecule has 0 radical (unpaired) electrons. The molecule has 0 N–H and O–H groups in total. The van der Waals surface area contributed by atoms with Crippen LogP contribution in [0.4, 0.5) is 0 Å². The molecule has 1 amide bonds. The topological polar surface area (TPSA) is 36.0 Å². The summed E-state index contributed by atoms with van der Waals surface area (Å²) >= 11 is 0. The van der Waals surface area contributed by atoms with Crippen molar-refractivity contribution >= 4 is 5.91 Å². The summed E-state index contributed by atoms with van der Waals surface area (Å²) in [5, 5.41) is 0. The van der Waals surface area contributed by atoms with Gasteiger partial charge in [0.25, 0.3) is 0 Å². The molecule has 2 fully saturated rings. The lowest BCUT2D eigenvalue weighted by atomic mass is 10.0. The average molecular weight is 317 g/mol. The number of carbonyl (C=O) groups excluding carboxylic acids is 1. The van der Waals surface area contributed by atoms with Crippen molar-refractivity contribution in [3.63, 3.8) is 0 Å². The van der Waals surface area contributed by atoms with E-state index >= 15 is 0 Å². The predicted molar refractivity (Wildman–Crippen MR) is 90.3 cm³/mol. The third-order valence-electron chi connectivity index (χ3n) is 4.93. The number of ether oxygens (including phenoxy) is 1. The average Bonchev–Trinajstić information content (AvgIpc) is 2.62. The fraction of sp³-hybridized carbons (Fsp3) is 0.611. The molecule has 126 valence electrons.